The lowest BCUT2D eigenvalue weighted by Crippen LogP contribution is -2.33. The van der Waals surface area contributed by atoms with E-state index in [1.54, 1.807) is 31.5 Å². The summed E-state index contributed by atoms with van der Waals surface area (Å²) in [5.41, 5.74) is 1.32. The molecule has 0 saturated carbocycles. The summed E-state index contributed by atoms with van der Waals surface area (Å²) in [4.78, 5) is 28.9. The minimum Gasteiger partial charge on any atom is -0.461 e. The number of pyridine rings is 1. The number of nitro groups is 1. The van der Waals surface area contributed by atoms with Crippen LogP contribution in [0.1, 0.15) is 12.5 Å². The zero-order valence-electron chi connectivity index (χ0n) is 10.3. The molecule has 0 aliphatic rings. The van der Waals surface area contributed by atoms with Crippen molar-refractivity contribution < 1.29 is 14.5 Å². The molecular formula is C12H13N3O4. The number of hydrogen-bond donors (Lipinski definition) is 1. The van der Waals surface area contributed by atoms with Crippen LogP contribution >= 0.6 is 0 Å². The maximum atomic E-state index is 11.6. The lowest BCUT2D eigenvalue weighted by molar-refractivity contribution is -0.510. The first-order chi connectivity index (χ1) is 9.13. The van der Waals surface area contributed by atoms with E-state index in [0.29, 0.717) is 11.2 Å². The smallest absolute Gasteiger partial charge is 0.382 e. The van der Waals surface area contributed by atoms with Gasteiger partial charge in [0.05, 0.1) is 13.0 Å². The first kappa shape index (κ1) is 13.0. The van der Waals surface area contributed by atoms with Gasteiger partial charge in [-0.25, -0.2) is 9.78 Å². The predicted octanol–water partition coefficient (Wildman–Crippen LogP) is 1.31. The SMILES string of the molecule is CCOC(=O)[C@@H](Cc1c[nH]c2ncccc12)[N+](=O)[O-]. The number of hydrogen-bond acceptors (Lipinski definition) is 5. The van der Waals surface area contributed by atoms with Crippen LogP contribution in [0.25, 0.3) is 11.0 Å². The highest BCUT2D eigenvalue weighted by atomic mass is 16.6. The van der Waals surface area contributed by atoms with E-state index in [4.69, 9.17) is 4.74 Å². The average Bonchev–Trinajstić information content (AvgIpc) is 2.79. The Balaban J connectivity index is 2.26. The topological polar surface area (TPSA) is 98.1 Å². The van der Waals surface area contributed by atoms with Crippen molar-refractivity contribution in [3.8, 4) is 0 Å². The Hall–Kier alpha value is -2.44. The second kappa shape index (κ2) is 5.47. The monoisotopic (exact) mass is 263 g/mol. The molecule has 2 aromatic rings. The van der Waals surface area contributed by atoms with Crippen LogP contribution in [0.2, 0.25) is 0 Å². The molecule has 7 heteroatoms. The van der Waals surface area contributed by atoms with Gasteiger partial charge in [0.2, 0.25) is 0 Å². The molecule has 0 aliphatic carbocycles. The molecule has 0 aliphatic heterocycles. The molecule has 0 unspecified atom stereocenters. The Kier molecular flexibility index (Phi) is 3.74. The Morgan fingerprint density at radius 1 is 1.63 bits per heavy atom. The van der Waals surface area contributed by atoms with E-state index in [1.165, 1.54) is 0 Å². The third-order valence-electron chi connectivity index (χ3n) is 2.76. The number of carbonyl (C=O) groups excluding carboxylic acids is 1. The zero-order chi connectivity index (χ0) is 13.8. The van der Waals surface area contributed by atoms with E-state index >= 15 is 0 Å². The fourth-order valence-electron chi connectivity index (χ4n) is 1.87. The van der Waals surface area contributed by atoms with Gasteiger partial charge in [0.15, 0.2) is 0 Å². The summed E-state index contributed by atoms with van der Waals surface area (Å²) in [5, 5.41) is 11.7. The second-order valence-electron chi connectivity index (χ2n) is 3.97. The maximum absolute atomic E-state index is 11.6. The highest BCUT2D eigenvalue weighted by Gasteiger charge is 2.32. The van der Waals surface area contributed by atoms with Crippen molar-refractivity contribution >= 4 is 17.0 Å². The number of ether oxygens (including phenoxy) is 1. The van der Waals surface area contributed by atoms with E-state index in [-0.39, 0.29) is 13.0 Å². The fraction of sp³-hybridized carbons (Fsp3) is 0.333. The quantitative estimate of drug-likeness (QED) is 0.498. The van der Waals surface area contributed by atoms with Crippen molar-refractivity contribution in [2.24, 2.45) is 0 Å². The number of H-pyrrole nitrogens is 1. The van der Waals surface area contributed by atoms with Gasteiger partial charge in [0, 0.05) is 22.7 Å². The van der Waals surface area contributed by atoms with Gasteiger partial charge in [0.1, 0.15) is 5.65 Å². The van der Waals surface area contributed by atoms with Crippen molar-refractivity contribution in [2.75, 3.05) is 6.61 Å². The Labute approximate surface area is 108 Å². The fourth-order valence-corrected chi connectivity index (χ4v) is 1.87. The van der Waals surface area contributed by atoms with Gasteiger partial charge >= 0.3 is 12.0 Å². The summed E-state index contributed by atoms with van der Waals surface area (Å²) >= 11 is 0. The molecular weight excluding hydrogens is 250 g/mol. The van der Waals surface area contributed by atoms with Crippen LogP contribution in [0.5, 0.6) is 0 Å². The maximum Gasteiger partial charge on any atom is 0.382 e. The van der Waals surface area contributed by atoms with Gasteiger partial charge in [-0.15, -0.1) is 0 Å². The number of nitrogens with one attached hydrogen (secondary N) is 1. The van der Waals surface area contributed by atoms with Crippen molar-refractivity contribution in [1.29, 1.82) is 0 Å². The minimum atomic E-state index is -1.39. The van der Waals surface area contributed by atoms with E-state index in [1.807, 2.05) is 0 Å². The van der Waals surface area contributed by atoms with Crippen molar-refractivity contribution in [3.05, 3.63) is 40.2 Å². The molecule has 0 spiro atoms. The number of rotatable bonds is 5. The van der Waals surface area contributed by atoms with E-state index < -0.39 is 16.9 Å². The van der Waals surface area contributed by atoms with Crippen LogP contribution in [0.4, 0.5) is 0 Å². The van der Waals surface area contributed by atoms with Crippen LogP contribution in [-0.2, 0) is 16.0 Å². The lowest BCUT2D eigenvalue weighted by Gasteiger charge is -2.07. The van der Waals surface area contributed by atoms with Crippen molar-refractivity contribution in [1.82, 2.24) is 9.97 Å². The van der Waals surface area contributed by atoms with Gasteiger partial charge < -0.3 is 9.72 Å². The Morgan fingerprint density at radius 3 is 3.11 bits per heavy atom. The number of aromatic amines is 1. The van der Waals surface area contributed by atoms with Crippen LogP contribution in [0.15, 0.2) is 24.5 Å². The summed E-state index contributed by atoms with van der Waals surface area (Å²) in [6.45, 7) is 1.74. The van der Waals surface area contributed by atoms with Crippen LogP contribution < -0.4 is 0 Å². The standard InChI is InChI=1S/C12H13N3O4/c1-2-19-12(16)10(15(17)18)6-8-7-14-11-9(8)4-3-5-13-11/h3-5,7,10H,2,6H2,1H3,(H,13,14)/t10-/m1/s1. The van der Waals surface area contributed by atoms with Gasteiger partial charge in [0.25, 0.3) is 0 Å². The Bertz CT molecular complexity index is 608. The van der Waals surface area contributed by atoms with Gasteiger partial charge in [-0.05, 0) is 24.6 Å². The molecule has 0 aromatic carbocycles. The minimum absolute atomic E-state index is 0.0163. The van der Waals surface area contributed by atoms with Gasteiger partial charge in [-0.3, -0.25) is 10.1 Å². The van der Waals surface area contributed by atoms with Crippen molar-refractivity contribution in [3.63, 3.8) is 0 Å². The molecule has 2 rings (SSSR count). The molecule has 100 valence electrons. The summed E-state index contributed by atoms with van der Waals surface area (Å²) in [5.74, 6) is -0.814. The Morgan fingerprint density at radius 2 is 2.42 bits per heavy atom. The van der Waals surface area contributed by atoms with Crippen LogP contribution in [-0.4, -0.2) is 33.5 Å². The molecule has 2 heterocycles. The summed E-state index contributed by atoms with van der Waals surface area (Å²) in [6, 6.07) is 2.15. The van der Waals surface area contributed by atoms with E-state index in [0.717, 1.165) is 5.39 Å². The summed E-state index contributed by atoms with van der Waals surface area (Å²) in [6.07, 6.45) is 3.24. The molecule has 2 aromatic heterocycles. The molecule has 0 saturated heterocycles. The summed E-state index contributed by atoms with van der Waals surface area (Å²) in [7, 11) is 0. The summed E-state index contributed by atoms with van der Waals surface area (Å²) < 4.78 is 4.72. The molecule has 0 radical (unpaired) electrons. The highest BCUT2D eigenvalue weighted by molar-refractivity contribution is 5.81. The van der Waals surface area contributed by atoms with Crippen LogP contribution in [0, 0.1) is 10.1 Å². The van der Waals surface area contributed by atoms with Gasteiger partial charge in [-0.2, -0.15) is 0 Å². The second-order valence-corrected chi connectivity index (χ2v) is 3.97. The lowest BCUT2D eigenvalue weighted by atomic mass is 10.1. The third-order valence-corrected chi connectivity index (χ3v) is 2.76. The predicted molar refractivity (Wildman–Crippen MR) is 67.2 cm³/mol. The molecule has 19 heavy (non-hydrogen) atoms. The van der Waals surface area contributed by atoms with E-state index in [9.17, 15) is 14.9 Å². The van der Waals surface area contributed by atoms with E-state index in [2.05, 4.69) is 9.97 Å². The normalized spacial score (nSPS) is 12.3. The average molecular weight is 263 g/mol. The largest absolute Gasteiger partial charge is 0.461 e. The first-order valence-electron chi connectivity index (χ1n) is 5.84. The highest BCUT2D eigenvalue weighted by Crippen LogP contribution is 2.18. The van der Waals surface area contributed by atoms with Gasteiger partial charge in [-0.1, -0.05) is 0 Å². The van der Waals surface area contributed by atoms with Crippen LogP contribution in [0.3, 0.4) is 0 Å². The number of carbonyl (C=O) groups is 1. The van der Waals surface area contributed by atoms with Crippen molar-refractivity contribution in [2.45, 2.75) is 19.4 Å². The molecule has 1 N–H and O–H groups in total. The zero-order valence-corrected chi connectivity index (χ0v) is 10.3. The first-order valence-corrected chi connectivity index (χ1v) is 5.84. The number of nitrogens with zero attached hydrogens (tertiary/aromatic N) is 2. The number of fused-ring (bicyclic) bond motifs is 1. The third kappa shape index (κ3) is 2.70. The number of aromatic nitrogens is 2. The molecule has 1 atom stereocenters. The molecule has 0 amide bonds. The number of esters is 1. The molecule has 0 fully saturated rings. The molecule has 7 nitrogen and oxygen atoms in total. The molecule has 0 bridgehead atoms.